The monoisotopic (exact) mass is 489 g/mol. The predicted molar refractivity (Wildman–Crippen MR) is 147 cm³/mol. The minimum Gasteiger partial charge on any atom is -0.242 e. The van der Waals surface area contributed by atoms with E-state index in [1.54, 1.807) is 0 Å². The maximum atomic E-state index is 13.6. The molecule has 2 nitrogen and oxygen atoms in total. The Balaban J connectivity index is 1.85. The Morgan fingerprint density at radius 1 is 0.848 bits per heavy atom. The first-order chi connectivity index (χ1) is 15.1. The molecule has 4 aliphatic rings. The number of nitrogens with one attached hydrogen (secondary N) is 1. The van der Waals surface area contributed by atoms with E-state index in [-0.39, 0.29) is 26.5 Å². The zero-order valence-electron chi connectivity index (χ0n) is 22.6. The molecule has 33 heavy (non-hydrogen) atoms. The van der Waals surface area contributed by atoms with Gasteiger partial charge in [-0.25, -0.2) is 8.93 Å². The van der Waals surface area contributed by atoms with Crippen molar-refractivity contribution in [3.8, 4) is 0 Å². The van der Waals surface area contributed by atoms with Crippen molar-refractivity contribution >= 4 is 24.2 Å². The fourth-order valence-electron chi connectivity index (χ4n) is 8.00. The molecule has 0 aromatic heterocycles. The van der Waals surface area contributed by atoms with Crippen LogP contribution in [-0.4, -0.2) is 19.3 Å². The number of hydrogen-bond donors (Lipinski definition) is 1. The normalized spacial score (nSPS) is 31.8. The Morgan fingerprint density at radius 3 is 1.73 bits per heavy atom. The smallest absolute Gasteiger partial charge is 0.0976 e. The molecule has 4 heteroatoms. The van der Waals surface area contributed by atoms with Gasteiger partial charge in [-0.05, 0) is 104 Å². The zero-order chi connectivity index (χ0) is 24.4. The van der Waals surface area contributed by atoms with Crippen LogP contribution < -0.4 is 10.0 Å². The lowest BCUT2D eigenvalue weighted by Gasteiger charge is -2.60. The fourth-order valence-corrected chi connectivity index (χ4v) is 13.1. The van der Waals surface area contributed by atoms with E-state index in [2.05, 4.69) is 91.3 Å². The summed E-state index contributed by atoms with van der Waals surface area (Å²) in [7, 11) is -1.51. The van der Waals surface area contributed by atoms with E-state index >= 15 is 0 Å². The van der Waals surface area contributed by atoms with Gasteiger partial charge in [0.05, 0.1) is 21.8 Å². The molecule has 4 fully saturated rings. The zero-order valence-corrected chi connectivity index (χ0v) is 24.3. The molecule has 186 valence electrons. The molecule has 5 rings (SSSR count). The lowest BCUT2D eigenvalue weighted by Crippen LogP contribution is -2.54. The number of rotatable bonds is 5. The van der Waals surface area contributed by atoms with Gasteiger partial charge in [-0.1, -0.05) is 73.7 Å². The van der Waals surface area contributed by atoms with Gasteiger partial charge >= 0.3 is 0 Å². The van der Waals surface area contributed by atoms with Crippen LogP contribution in [0.5, 0.6) is 0 Å². The Bertz CT molecular complexity index is 839. The Kier molecular flexibility index (Phi) is 6.82. The molecule has 0 amide bonds. The van der Waals surface area contributed by atoms with Gasteiger partial charge in [0.25, 0.3) is 0 Å². The molecule has 2 unspecified atom stereocenters. The van der Waals surface area contributed by atoms with Crippen LogP contribution in [0.15, 0.2) is 24.3 Å². The average molecular weight is 490 g/mol. The van der Waals surface area contributed by atoms with Crippen LogP contribution in [-0.2, 0) is 11.0 Å². The van der Waals surface area contributed by atoms with Gasteiger partial charge in [0, 0.05) is 0 Å². The van der Waals surface area contributed by atoms with Crippen LogP contribution in [0, 0.1) is 23.2 Å². The highest BCUT2D eigenvalue weighted by atomic mass is 32.2. The minimum absolute atomic E-state index is 0.178. The van der Waals surface area contributed by atoms with Gasteiger partial charge in [0.15, 0.2) is 0 Å². The summed E-state index contributed by atoms with van der Waals surface area (Å²) < 4.78 is 17.2. The van der Waals surface area contributed by atoms with Crippen LogP contribution in [0.1, 0.15) is 112 Å². The van der Waals surface area contributed by atoms with Gasteiger partial charge in [-0.2, -0.15) is 0 Å². The van der Waals surface area contributed by atoms with Gasteiger partial charge < -0.3 is 0 Å². The van der Waals surface area contributed by atoms with Crippen LogP contribution in [0.4, 0.5) is 0 Å². The molecule has 1 N–H and O–H groups in total. The molecular formula is C29H48NOPS. The van der Waals surface area contributed by atoms with E-state index in [4.69, 9.17) is 0 Å². The van der Waals surface area contributed by atoms with Gasteiger partial charge in [-0.15, -0.1) is 0 Å². The average Bonchev–Trinajstić information content (AvgIpc) is 2.62. The second-order valence-corrected chi connectivity index (χ2v) is 20.3. The van der Waals surface area contributed by atoms with Gasteiger partial charge in [0.1, 0.15) is 0 Å². The molecule has 1 aromatic rings. The highest BCUT2D eigenvalue weighted by Gasteiger charge is 2.55. The third kappa shape index (κ3) is 5.17. The van der Waals surface area contributed by atoms with E-state index in [1.807, 2.05) is 0 Å². The van der Waals surface area contributed by atoms with E-state index < -0.39 is 18.9 Å². The van der Waals surface area contributed by atoms with Crippen molar-refractivity contribution < 1.29 is 4.21 Å². The standard InChI is InChI=1S/C29H48NOPS/c1-26(2,3)32(27(4,5)6)24-13-11-10-12-23(24)25(30-33(31)28(7,8)9)29-17-20-14-21(18-29)16-22(15-20)19-29/h10-13,20-22,25,30H,14-19H2,1-9H3. The topological polar surface area (TPSA) is 29.1 Å². The highest BCUT2D eigenvalue weighted by molar-refractivity contribution is 7.84. The third-order valence-corrected chi connectivity index (χ3v) is 13.4. The summed E-state index contributed by atoms with van der Waals surface area (Å²) >= 11 is 0. The number of benzene rings is 1. The van der Waals surface area contributed by atoms with E-state index in [9.17, 15) is 4.21 Å². The first-order valence-corrected chi connectivity index (χ1v) is 15.7. The summed E-state index contributed by atoms with van der Waals surface area (Å²) in [6.07, 6.45) is 8.26. The second-order valence-electron chi connectivity index (χ2n) is 14.4. The highest BCUT2D eigenvalue weighted by Crippen LogP contribution is 2.65. The Morgan fingerprint density at radius 2 is 1.30 bits per heavy atom. The molecule has 0 saturated heterocycles. The van der Waals surface area contributed by atoms with E-state index in [1.165, 1.54) is 49.4 Å². The first-order valence-electron chi connectivity index (χ1n) is 13.2. The molecule has 4 bridgehead atoms. The number of hydrogen-bond acceptors (Lipinski definition) is 1. The quantitative estimate of drug-likeness (QED) is 0.422. The summed E-state index contributed by atoms with van der Waals surface area (Å²) in [4.78, 5) is 0. The van der Waals surface area contributed by atoms with Gasteiger partial charge in [-0.3, -0.25) is 0 Å². The summed E-state index contributed by atoms with van der Waals surface area (Å²) in [5.41, 5.74) is 1.70. The Labute approximate surface area is 207 Å². The lowest BCUT2D eigenvalue weighted by atomic mass is 9.47. The second kappa shape index (κ2) is 8.70. The molecule has 4 aliphatic carbocycles. The van der Waals surface area contributed by atoms with Crippen molar-refractivity contribution in [2.24, 2.45) is 23.2 Å². The molecule has 0 aliphatic heterocycles. The molecule has 0 heterocycles. The van der Waals surface area contributed by atoms with Crippen LogP contribution in [0.3, 0.4) is 0 Å². The maximum absolute atomic E-state index is 13.6. The summed E-state index contributed by atoms with van der Waals surface area (Å²) in [5.74, 6) is 2.63. The fraction of sp³-hybridized carbons (Fsp3) is 0.793. The van der Waals surface area contributed by atoms with Crippen molar-refractivity contribution in [2.45, 2.75) is 122 Å². The summed E-state index contributed by atoms with van der Waals surface area (Å²) in [5, 5.41) is 1.95. The molecule has 0 radical (unpaired) electrons. The molecule has 2 atom stereocenters. The van der Waals surface area contributed by atoms with Crippen molar-refractivity contribution in [3.05, 3.63) is 29.8 Å². The third-order valence-electron chi connectivity index (χ3n) is 8.31. The Hall–Kier alpha value is -0.240. The lowest BCUT2D eigenvalue weighted by molar-refractivity contribution is -0.0705. The van der Waals surface area contributed by atoms with Crippen molar-refractivity contribution in [1.82, 2.24) is 4.72 Å². The van der Waals surface area contributed by atoms with Crippen LogP contribution >= 0.6 is 7.92 Å². The van der Waals surface area contributed by atoms with E-state index in [0.29, 0.717) is 0 Å². The van der Waals surface area contributed by atoms with Crippen molar-refractivity contribution in [3.63, 3.8) is 0 Å². The first kappa shape index (κ1) is 25.8. The molecule has 1 aromatic carbocycles. The summed E-state index contributed by atoms with van der Waals surface area (Å²) in [6.45, 7) is 20.8. The van der Waals surface area contributed by atoms with Crippen LogP contribution in [0.2, 0.25) is 0 Å². The molecular weight excluding hydrogens is 441 g/mol. The largest absolute Gasteiger partial charge is 0.242 e. The van der Waals surface area contributed by atoms with Gasteiger partial charge in [0.2, 0.25) is 0 Å². The molecule has 0 spiro atoms. The van der Waals surface area contributed by atoms with Crippen molar-refractivity contribution in [2.75, 3.05) is 0 Å². The SMILES string of the molecule is CC(C)(C)P(c1ccccc1C(NS(=O)C(C)(C)C)C12CC3CC(CC(C3)C1)C2)C(C)(C)C. The van der Waals surface area contributed by atoms with Crippen LogP contribution in [0.25, 0.3) is 0 Å². The maximum Gasteiger partial charge on any atom is 0.0976 e. The predicted octanol–water partition coefficient (Wildman–Crippen LogP) is 7.70. The summed E-state index contributed by atoms with van der Waals surface area (Å²) in [6, 6.07) is 9.44. The van der Waals surface area contributed by atoms with Crippen molar-refractivity contribution in [1.29, 1.82) is 0 Å². The molecule has 4 saturated carbocycles. The minimum atomic E-state index is -1.09. The van der Waals surface area contributed by atoms with E-state index in [0.717, 1.165) is 17.8 Å².